The van der Waals surface area contributed by atoms with Gasteiger partial charge in [-0.05, 0) is 42.5 Å². The van der Waals surface area contributed by atoms with E-state index in [-0.39, 0.29) is 46.5 Å². The largest absolute Gasteiger partial charge is 0.468 e. The zero-order chi connectivity index (χ0) is 24.6. The third-order valence-electron chi connectivity index (χ3n) is 5.22. The summed E-state index contributed by atoms with van der Waals surface area (Å²) in [5.74, 6) is -1.77. The van der Waals surface area contributed by atoms with E-state index in [9.17, 15) is 27.6 Å². The van der Waals surface area contributed by atoms with Crippen molar-refractivity contribution >= 4 is 60.8 Å². The Labute approximate surface area is 198 Å². The first-order valence-corrected chi connectivity index (χ1v) is 12.7. The summed E-state index contributed by atoms with van der Waals surface area (Å²) in [6.45, 7) is -0.223. The zero-order valence-electron chi connectivity index (χ0n) is 18.2. The molecular formula is C22H19N3O7S2. The number of carbonyl (C=O) groups is 4. The molecule has 1 aliphatic rings. The molecule has 1 fully saturated rings. The van der Waals surface area contributed by atoms with E-state index in [2.05, 4.69) is 4.99 Å². The maximum Gasteiger partial charge on any atom is 0.325 e. The smallest absolute Gasteiger partial charge is 0.325 e. The van der Waals surface area contributed by atoms with Crippen LogP contribution in [0.5, 0.6) is 0 Å². The van der Waals surface area contributed by atoms with Crippen molar-refractivity contribution in [3.05, 3.63) is 52.8 Å². The summed E-state index contributed by atoms with van der Waals surface area (Å²) in [4.78, 5) is 54.1. The number of amides is 3. The Morgan fingerprint density at radius 2 is 1.71 bits per heavy atom. The van der Waals surface area contributed by atoms with E-state index >= 15 is 0 Å². The predicted molar refractivity (Wildman–Crippen MR) is 123 cm³/mol. The van der Waals surface area contributed by atoms with Gasteiger partial charge in [-0.25, -0.2) is 8.42 Å². The van der Waals surface area contributed by atoms with Crippen LogP contribution in [0.4, 0.5) is 5.69 Å². The highest BCUT2D eigenvalue weighted by atomic mass is 32.2. The van der Waals surface area contributed by atoms with Gasteiger partial charge in [-0.2, -0.15) is 4.99 Å². The summed E-state index contributed by atoms with van der Waals surface area (Å²) in [6.07, 6.45) is 1.40. The van der Waals surface area contributed by atoms with Crippen LogP contribution in [0.3, 0.4) is 0 Å². The van der Waals surface area contributed by atoms with Crippen LogP contribution in [-0.2, 0) is 35.5 Å². The van der Waals surface area contributed by atoms with E-state index in [1.807, 2.05) is 0 Å². The Morgan fingerprint density at radius 1 is 1.06 bits per heavy atom. The Bertz CT molecular complexity index is 1500. The van der Waals surface area contributed by atoms with Crippen LogP contribution < -0.4 is 9.70 Å². The van der Waals surface area contributed by atoms with Gasteiger partial charge in [0.25, 0.3) is 5.91 Å². The molecule has 2 heterocycles. The predicted octanol–water partition coefficient (Wildman–Crippen LogP) is 1.67. The number of sulfone groups is 1. The number of benzene rings is 2. The fourth-order valence-corrected chi connectivity index (χ4v) is 5.27. The minimum Gasteiger partial charge on any atom is -0.468 e. The van der Waals surface area contributed by atoms with Crippen LogP contribution >= 0.6 is 11.3 Å². The van der Waals surface area contributed by atoms with Crippen molar-refractivity contribution < 1.29 is 32.3 Å². The fourth-order valence-electron chi connectivity index (χ4n) is 3.48. The summed E-state index contributed by atoms with van der Waals surface area (Å²) >= 11 is 1.06. The quantitative estimate of drug-likeness (QED) is 0.384. The van der Waals surface area contributed by atoms with Crippen LogP contribution in [0.1, 0.15) is 23.2 Å². The lowest BCUT2D eigenvalue weighted by molar-refractivity contribution is -0.141. The number of aromatic nitrogens is 1. The third-order valence-corrected chi connectivity index (χ3v) is 7.37. The average molecular weight is 502 g/mol. The molecule has 0 N–H and O–H groups in total. The second-order valence-electron chi connectivity index (χ2n) is 7.54. The maximum absolute atomic E-state index is 12.9. The summed E-state index contributed by atoms with van der Waals surface area (Å²) in [6, 6.07) is 10.3. The molecule has 1 aromatic heterocycles. The van der Waals surface area contributed by atoms with E-state index in [4.69, 9.17) is 4.74 Å². The zero-order valence-corrected chi connectivity index (χ0v) is 19.8. The average Bonchev–Trinajstić information content (AvgIpc) is 3.31. The molecule has 3 amide bonds. The number of hydrogen-bond acceptors (Lipinski definition) is 8. The summed E-state index contributed by atoms with van der Waals surface area (Å²) in [5, 5.41) is 0. The second kappa shape index (κ2) is 8.95. The Balaban J connectivity index is 1.74. The molecule has 0 atom stereocenters. The summed E-state index contributed by atoms with van der Waals surface area (Å²) in [7, 11) is -2.22. The number of anilines is 1. The summed E-state index contributed by atoms with van der Waals surface area (Å²) in [5.41, 5.74) is 1.11. The number of fused-ring (bicyclic) bond motifs is 1. The van der Waals surface area contributed by atoms with Crippen LogP contribution in [0.25, 0.3) is 10.2 Å². The number of imide groups is 1. The van der Waals surface area contributed by atoms with Crippen molar-refractivity contribution in [1.29, 1.82) is 0 Å². The van der Waals surface area contributed by atoms with Crippen molar-refractivity contribution in [2.45, 2.75) is 24.3 Å². The van der Waals surface area contributed by atoms with Crippen LogP contribution in [-0.4, -0.2) is 50.0 Å². The van der Waals surface area contributed by atoms with Gasteiger partial charge in [0.1, 0.15) is 6.54 Å². The van der Waals surface area contributed by atoms with Crippen LogP contribution in [0.2, 0.25) is 0 Å². The van der Waals surface area contributed by atoms with Crippen molar-refractivity contribution in [3.8, 4) is 0 Å². The number of ether oxygens (including phenoxy) is 1. The van der Waals surface area contributed by atoms with E-state index in [0.29, 0.717) is 15.9 Å². The molecule has 12 heteroatoms. The first-order chi connectivity index (χ1) is 16.1. The Kier molecular flexibility index (Phi) is 6.19. The van der Waals surface area contributed by atoms with Gasteiger partial charge < -0.3 is 9.30 Å². The van der Waals surface area contributed by atoms with Gasteiger partial charge in [0.15, 0.2) is 14.6 Å². The standard InChI is InChI=1S/C22H19N3O7S2/c1-32-20(28)12-24-16-8-7-15(34(2,30)31)11-17(16)33-22(24)23-21(29)13-3-5-14(6-4-13)25-18(26)9-10-19(25)27/h3-8,11H,9-10,12H2,1-2H3. The number of esters is 1. The molecule has 0 spiro atoms. The maximum atomic E-state index is 12.9. The molecular weight excluding hydrogens is 482 g/mol. The molecule has 0 unspecified atom stereocenters. The van der Waals surface area contributed by atoms with Crippen molar-refractivity contribution in [1.82, 2.24) is 4.57 Å². The fraction of sp³-hybridized carbons (Fsp3) is 0.227. The van der Waals surface area contributed by atoms with E-state index in [1.165, 1.54) is 48.1 Å². The lowest BCUT2D eigenvalue weighted by Gasteiger charge is -2.13. The highest BCUT2D eigenvalue weighted by Gasteiger charge is 2.30. The molecule has 1 saturated heterocycles. The first kappa shape index (κ1) is 23.5. The van der Waals surface area contributed by atoms with Gasteiger partial charge in [0, 0.05) is 24.7 Å². The lowest BCUT2D eigenvalue weighted by atomic mass is 10.2. The highest BCUT2D eigenvalue weighted by Crippen LogP contribution is 2.24. The first-order valence-electron chi connectivity index (χ1n) is 10.0. The number of rotatable bonds is 5. The van der Waals surface area contributed by atoms with Gasteiger partial charge in [0.2, 0.25) is 11.8 Å². The third kappa shape index (κ3) is 4.54. The molecule has 4 rings (SSSR count). The Morgan fingerprint density at radius 3 is 2.29 bits per heavy atom. The molecule has 0 saturated carbocycles. The summed E-state index contributed by atoms with van der Waals surface area (Å²) < 4.78 is 30.6. The van der Waals surface area contributed by atoms with Crippen LogP contribution in [0.15, 0.2) is 52.4 Å². The molecule has 1 aliphatic heterocycles. The van der Waals surface area contributed by atoms with Crippen molar-refractivity contribution in [3.63, 3.8) is 0 Å². The molecule has 10 nitrogen and oxygen atoms in total. The molecule has 0 aliphatic carbocycles. The molecule has 0 radical (unpaired) electrons. The second-order valence-corrected chi connectivity index (χ2v) is 10.6. The molecule has 34 heavy (non-hydrogen) atoms. The minimum atomic E-state index is -3.45. The minimum absolute atomic E-state index is 0.103. The van der Waals surface area contributed by atoms with Gasteiger partial charge in [-0.1, -0.05) is 11.3 Å². The molecule has 2 aromatic carbocycles. The topological polar surface area (TPSA) is 132 Å². The number of thiazole rings is 1. The van der Waals surface area contributed by atoms with Gasteiger partial charge in [0.05, 0.1) is 27.9 Å². The van der Waals surface area contributed by atoms with Crippen molar-refractivity contribution in [2.24, 2.45) is 4.99 Å². The van der Waals surface area contributed by atoms with Gasteiger partial charge in [-0.3, -0.25) is 24.1 Å². The normalized spacial score (nSPS) is 14.8. The van der Waals surface area contributed by atoms with Gasteiger partial charge in [-0.15, -0.1) is 0 Å². The Hall–Kier alpha value is -3.64. The van der Waals surface area contributed by atoms with E-state index in [0.717, 1.165) is 22.5 Å². The van der Waals surface area contributed by atoms with E-state index in [1.54, 1.807) is 6.07 Å². The van der Waals surface area contributed by atoms with Gasteiger partial charge >= 0.3 is 5.97 Å². The number of carbonyl (C=O) groups excluding carboxylic acids is 4. The highest BCUT2D eigenvalue weighted by molar-refractivity contribution is 7.90. The van der Waals surface area contributed by atoms with Crippen LogP contribution in [0, 0.1) is 0 Å². The lowest BCUT2D eigenvalue weighted by Crippen LogP contribution is -2.28. The van der Waals surface area contributed by atoms with Crippen molar-refractivity contribution in [2.75, 3.05) is 18.3 Å². The SMILES string of the molecule is COC(=O)Cn1c(=NC(=O)c2ccc(N3C(=O)CCC3=O)cc2)sc2cc(S(C)(=O)=O)ccc21. The van der Waals surface area contributed by atoms with E-state index < -0.39 is 21.7 Å². The number of methoxy groups -OCH3 is 1. The monoisotopic (exact) mass is 501 g/mol. The number of nitrogens with zero attached hydrogens (tertiary/aromatic N) is 3. The number of hydrogen-bond donors (Lipinski definition) is 0. The molecule has 3 aromatic rings. The molecule has 176 valence electrons. The molecule has 0 bridgehead atoms.